The van der Waals surface area contributed by atoms with E-state index in [2.05, 4.69) is 6.07 Å². The Balaban J connectivity index is 2.47. The van der Waals surface area contributed by atoms with E-state index >= 15 is 0 Å². The van der Waals surface area contributed by atoms with Gasteiger partial charge in [-0.15, -0.1) is 0 Å². The molecule has 2 aromatic carbocycles. The molecule has 0 aromatic heterocycles. The molecule has 2 rings (SSSR count). The molecule has 0 spiro atoms. The van der Waals surface area contributed by atoms with Crippen LogP contribution in [-0.2, 0) is 0 Å². The molecule has 0 saturated heterocycles. The maximum atomic E-state index is 5.65. The van der Waals surface area contributed by atoms with Gasteiger partial charge in [-0.2, -0.15) is 0 Å². The van der Waals surface area contributed by atoms with Gasteiger partial charge in [0.15, 0.2) is 0 Å². The molecular weight excluding hydrogens is 200 g/mol. The summed E-state index contributed by atoms with van der Waals surface area (Å²) < 4.78 is 11.0. The first kappa shape index (κ1) is 10.8. The summed E-state index contributed by atoms with van der Waals surface area (Å²) in [5.41, 5.74) is 0. The molecule has 0 heterocycles. The largest absolute Gasteiger partial charge is 0.496 e. The third-order valence-corrected chi connectivity index (χ3v) is 2.40. The monoisotopic (exact) mass is 216 g/mol. The van der Waals surface area contributed by atoms with Crippen LogP contribution in [0.15, 0.2) is 36.4 Å². The molecule has 0 bridgehead atoms. The maximum absolute atomic E-state index is 5.65. The lowest BCUT2D eigenvalue weighted by molar-refractivity contribution is 0.243. The predicted octanol–water partition coefficient (Wildman–Crippen LogP) is 3.64. The van der Waals surface area contributed by atoms with Crippen molar-refractivity contribution in [2.24, 2.45) is 0 Å². The van der Waals surface area contributed by atoms with Gasteiger partial charge in [-0.25, -0.2) is 0 Å². The summed E-state index contributed by atoms with van der Waals surface area (Å²) in [5.74, 6) is 1.80. The molecule has 0 aliphatic heterocycles. The third kappa shape index (κ3) is 2.11. The van der Waals surface area contributed by atoms with Crippen molar-refractivity contribution in [2.75, 3.05) is 7.11 Å². The van der Waals surface area contributed by atoms with Gasteiger partial charge in [-0.3, -0.25) is 0 Å². The Bertz CT molecular complexity index is 489. The van der Waals surface area contributed by atoms with Crippen molar-refractivity contribution in [1.29, 1.82) is 0 Å². The normalized spacial score (nSPS) is 10.8. The standard InChI is InChI=1S/C14H16O2/c1-10(2)16-12-7-8-13-11(9-12)5-4-6-14(13)15-3/h4-10H,1-3H3. The van der Waals surface area contributed by atoms with Gasteiger partial charge in [0.1, 0.15) is 11.5 Å². The molecule has 2 nitrogen and oxygen atoms in total. The van der Waals surface area contributed by atoms with Gasteiger partial charge in [-0.05, 0) is 43.5 Å². The van der Waals surface area contributed by atoms with E-state index in [4.69, 9.17) is 9.47 Å². The highest BCUT2D eigenvalue weighted by molar-refractivity contribution is 5.89. The van der Waals surface area contributed by atoms with Gasteiger partial charge in [0.25, 0.3) is 0 Å². The molecule has 0 saturated carbocycles. The van der Waals surface area contributed by atoms with E-state index in [1.807, 2.05) is 44.2 Å². The molecular formula is C14H16O2. The minimum absolute atomic E-state index is 0.197. The number of hydrogen-bond donors (Lipinski definition) is 0. The fourth-order valence-electron chi connectivity index (χ4n) is 1.76. The number of ether oxygens (including phenoxy) is 2. The minimum Gasteiger partial charge on any atom is -0.496 e. The summed E-state index contributed by atoms with van der Waals surface area (Å²) in [5, 5.41) is 2.25. The fourth-order valence-corrected chi connectivity index (χ4v) is 1.76. The number of fused-ring (bicyclic) bond motifs is 1. The summed E-state index contributed by atoms with van der Waals surface area (Å²) in [6.07, 6.45) is 0.197. The molecule has 0 radical (unpaired) electrons. The van der Waals surface area contributed by atoms with Crippen LogP contribution < -0.4 is 9.47 Å². The van der Waals surface area contributed by atoms with Crippen LogP contribution in [0.3, 0.4) is 0 Å². The topological polar surface area (TPSA) is 18.5 Å². The summed E-state index contributed by atoms with van der Waals surface area (Å²) in [4.78, 5) is 0. The van der Waals surface area contributed by atoms with Gasteiger partial charge in [0.2, 0.25) is 0 Å². The van der Waals surface area contributed by atoms with E-state index in [1.54, 1.807) is 7.11 Å². The van der Waals surface area contributed by atoms with Crippen LogP contribution in [0, 0.1) is 0 Å². The third-order valence-electron chi connectivity index (χ3n) is 2.40. The van der Waals surface area contributed by atoms with Crippen LogP contribution in [0.4, 0.5) is 0 Å². The second kappa shape index (κ2) is 4.44. The number of rotatable bonds is 3. The van der Waals surface area contributed by atoms with E-state index in [-0.39, 0.29) is 6.10 Å². The SMILES string of the molecule is COc1cccc2cc(OC(C)C)ccc12. The highest BCUT2D eigenvalue weighted by Gasteiger charge is 2.03. The van der Waals surface area contributed by atoms with Gasteiger partial charge in [-0.1, -0.05) is 12.1 Å². The first-order valence-corrected chi connectivity index (χ1v) is 5.44. The highest BCUT2D eigenvalue weighted by Crippen LogP contribution is 2.28. The quantitative estimate of drug-likeness (QED) is 0.780. The lowest BCUT2D eigenvalue weighted by Gasteiger charge is -2.11. The summed E-state index contributed by atoms with van der Waals surface area (Å²) >= 11 is 0. The minimum atomic E-state index is 0.197. The fraction of sp³-hybridized carbons (Fsp3) is 0.286. The average Bonchev–Trinajstić information content (AvgIpc) is 2.27. The molecule has 2 heteroatoms. The predicted molar refractivity (Wildman–Crippen MR) is 66.3 cm³/mol. The molecule has 84 valence electrons. The number of hydrogen-bond acceptors (Lipinski definition) is 2. The van der Waals surface area contributed by atoms with Crippen molar-refractivity contribution in [3.05, 3.63) is 36.4 Å². The Morgan fingerprint density at radius 2 is 1.88 bits per heavy atom. The van der Waals surface area contributed by atoms with Crippen molar-refractivity contribution in [2.45, 2.75) is 20.0 Å². The van der Waals surface area contributed by atoms with Crippen LogP contribution in [0.5, 0.6) is 11.5 Å². The molecule has 0 aliphatic carbocycles. The van der Waals surface area contributed by atoms with Crippen molar-refractivity contribution in [3.8, 4) is 11.5 Å². The zero-order valence-corrected chi connectivity index (χ0v) is 9.86. The van der Waals surface area contributed by atoms with Crippen LogP contribution >= 0.6 is 0 Å². The maximum Gasteiger partial charge on any atom is 0.126 e. The van der Waals surface area contributed by atoms with E-state index in [1.165, 1.54) is 0 Å². The molecule has 0 N–H and O–H groups in total. The zero-order valence-electron chi connectivity index (χ0n) is 9.86. The first-order chi connectivity index (χ1) is 7.70. The van der Waals surface area contributed by atoms with Crippen LogP contribution in [0.25, 0.3) is 10.8 Å². The smallest absolute Gasteiger partial charge is 0.126 e. The Morgan fingerprint density at radius 1 is 1.06 bits per heavy atom. The van der Waals surface area contributed by atoms with Crippen LogP contribution in [0.1, 0.15) is 13.8 Å². The summed E-state index contributed by atoms with van der Waals surface area (Å²) in [7, 11) is 1.69. The first-order valence-electron chi connectivity index (χ1n) is 5.44. The molecule has 0 atom stereocenters. The lowest BCUT2D eigenvalue weighted by Crippen LogP contribution is -2.05. The Kier molecular flexibility index (Phi) is 3.00. The summed E-state index contributed by atoms with van der Waals surface area (Å²) in [6, 6.07) is 12.1. The highest BCUT2D eigenvalue weighted by atomic mass is 16.5. The van der Waals surface area contributed by atoms with Crippen molar-refractivity contribution >= 4 is 10.8 Å². The van der Waals surface area contributed by atoms with E-state index in [0.717, 1.165) is 22.3 Å². The molecule has 0 unspecified atom stereocenters. The van der Waals surface area contributed by atoms with Gasteiger partial charge >= 0.3 is 0 Å². The molecule has 0 aliphatic rings. The Labute approximate surface area is 95.8 Å². The Morgan fingerprint density at radius 3 is 2.56 bits per heavy atom. The molecule has 2 aromatic rings. The molecule has 0 fully saturated rings. The zero-order chi connectivity index (χ0) is 11.5. The van der Waals surface area contributed by atoms with Crippen molar-refractivity contribution in [3.63, 3.8) is 0 Å². The van der Waals surface area contributed by atoms with E-state index in [9.17, 15) is 0 Å². The second-order valence-electron chi connectivity index (χ2n) is 4.01. The lowest BCUT2D eigenvalue weighted by atomic mass is 10.1. The van der Waals surface area contributed by atoms with Gasteiger partial charge in [0, 0.05) is 5.39 Å². The molecule has 16 heavy (non-hydrogen) atoms. The van der Waals surface area contributed by atoms with Crippen LogP contribution in [-0.4, -0.2) is 13.2 Å². The van der Waals surface area contributed by atoms with Crippen molar-refractivity contribution < 1.29 is 9.47 Å². The second-order valence-corrected chi connectivity index (χ2v) is 4.01. The van der Waals surface area contributed by atoms with Crippen LogP contribution in [0.2, 0.25) is 0 Å². The Hall–Kier alpha value is -1.70. The van der Waals surface area contributed by atoms with E-state index < -0.39 is 0 Å². The molecule has 0 amide bonds. The number of benzene rings is 2. The van der Waals surface area contributed by atoms with Gasteiger partial charge < -0.3 is 9.47 Å². The van der Waals surface area contributed by atoms with E-state index in [0.29, 0.717) is 0 Å². The average molecular weight is 216 g/mol. The van der Waals surface area contributed by atoms with Gasteiger partial charge in [0.05, 0.1) is 13.2 Å². The summed E-state index contributed by atoms with van der Waals surface area (Å²) in [6.45, 7) is 4.05. The number of methoxy groups -OCH3 is 1. The van der Waals surface area contributed by atoms with Crippen molar-refractivity contribution in [1.82, 2.24) is 0 Å².